The molecule has 1 aromatic carbocycles. The normalized spacial score (nSPS) is 10.9. The van der Waals surface area contributed by atoms with Crippen molar-refractivity contribution in [1.82, 2.24) is 9.88 Å². The van der Waals surface area contributed by atoms with Crippen molar-refractivity contribution in [3.05, 3.63) is 40.4 Å². The van der Waals surface area contributed by atoms with Crippen LogP contribution in [0.25, 0.3) is 10.9 Å². The van der Waals surface area contributed by atoms with Crippen LogP contribution in [-0.2, 0) is 0 Å². The molecule has 0 aliphatic rings. The quantitative estimate of drug-likeness (QED) is 0.647. The fraction of sp³-hybridized carbons (Fsp3) is 0.357. The van der Waals surface area contributed by atoms with E-state index < -0.39 is 4.92 Å². The zero-order valence-electron chi connectivity index (χ0n) is 11.7. The van der Waals surface area contributed by atoms with Crippen LogP contribution in [0.15, 0.2) is 30.3 Å². The van der Waals surface area contributed by atoms with Crippen LogP contribution in [0.2, 0.25) is 0 Å². The monoisotopic (exact) mass is 274 g/mol. The van der Waals surface area contributed by atoms with E-state index in [1.165, 1.54) is 12.1 Å². The molecule has 0 aliphatic carbocycles. The second-order valence-corrected chi connectivity index (χ2v) is 4.65. The number of nitrogens with zero attached hydrogens (tertiary/aromatic N) is 3. The molecule has 0 saturated heterocycles. The molecule has 6 nitrogen and oxygen atoms in total. The van der Waals surface area contributed by atoms with Crippen LogP contribution in [0.3, 0.4) is 0 Å². The van der Waals surface area contributed by atoms with Gasteiger partial charge in [0.2, 0.25) is 0 Å². The molecule has 1 N–H and O–H groups in total. The largest absolute Gasteiger partial charge is 0.369 e. The van der Waals surface area contributed by atoms with Crippen molar-refractivity contribution in [1.29, 1.82) is 0 Å². The summed E-state index contributed by atoms with van der Waals surface area (Å²) >= 11 is 0. The van der Waals surface area contributed by atoms with Gasteiger partial charge in [-0.25, -0.2) is 4.98 Å². The van der Waals surface area contributed by atoms with Crippen LogP contribution in [0.4, 0.5) is 11.5 Å². The van der Waals surface area contributed by atoms with Crippen molar-refractivity contribution in [2.45, 2.75) is 6.92 Å². The topological polar surface area (TPSA) is 71.3 Å². The molecule has 0 amide bonds. The lowest BCUT2D eigenvalue weighted by molar-refractivity contribution is -0.384. The summed E-state index contributed by atoms with van der Waals surface area (Å²) in [5.74, 6) is 0.788. The smallest absolute Gasteiger partial charge is 0.270 e. The van der Waals surface area contributed by atoms with E-state index in [0.717, 1.165) is 36.4 Å². The van der Waals surface area contributed by atoms with Gasteiger partial charge in [0, 0.05) is 30.6 Å². The van der Waals surface area contributed by atoms with Gasteiger partial charge in [0.25, 0.3) is 5.69 Å². The van der Waals surface area contributed by atoms with Crippen molar-refractivity contribution in [3.63, 3.8) is 0 Å². The zero-order chi connectivity index (χ0) is 14.5. The van der Waals surface area contributed by atoms with Crippen LogP contribution in [0, 0.1) is 10.1 Å². The van der Waals surface area contributed by atoms with Gasteiger partial charge in [0.15, 0.2) is 0 Å². The number of anilines is 1. The number of nitro benzene ring substituents is 1. The molecule has 0 atom stereocenters. The Morgan fingerprint density at radius 3 is 2.85 bits per heavy atom. The predicted octanol–water partition coefficient (Wildman–Crippen LogP) is 2.51. The Bertz CT molecular complexity index is 615. The molecule has 106 valence electrons. The Hall–Kier alpha value is -2.21. The number of pyridine rings is 1. The summed E-state index contributed by atoms with van der Waals surface area (Å²) in [5.41, 5.74) is 0.842. The Morgan fingerprint density at radius 1 is 1.35 bits per heavy atom. The number of hydrogen-bond acceptors (Lipinski definition) is 5. The van der Waals surface area contributed by atoms with E-state index in [0.29, 0.717) is 0 Å². The number of nitro groups is 1. The second kappa shape index (κ2) is 6.29. The van der Waals surface area contributed by atoms with E-state index in [-0.39, 0.29) is 5.69 Å². The van der Waals surface area contributed by atoms with E-state index in [2.05, 4.69) is 29.2 Å². The van der Waals surface area contributed by atoms with Crippen molar-refractivity contribution < 1.29 is 4.92 Å². The number of fused-ring (bicyclic) bond motifs is 1. The number of benzene rings is 1. The lowest BCUT2D eigenvalue weighted by Crippen LogP contribution is -2.24. The Morgan fingerprint density at radius 2 is 2.15 bits per heavy atom. The molecule has 0 spiro atoms. The van der Waals surface area contributed by atoms with E-state index in [9.17, 15) is 10.1 Å². The standard InChI is InChI=1S/C14H18N4O2/c1-3-17(2)9-8-15-14-7-4-11-10-12(18(19)20)5-6-13(11)16-14/h4-7,10H,3,8-9H2,1-2H3,(H,15,16). The third-order valence-electron chi connectivity index (χ3n) is 3.22. The van der Waals surface area contributed by atoms with Crippen molar-refractivity contribution >= 4 is 22.4 Å². The maximum Gasteiger partial charge on any atom is 0.270 e. The molecule has 2 rings (SSSR count). The number of rotatable bonds is 6. The fourth-order valence-corrected chi connectivity index (χ4v) is 1.86. The van der Waals surface area contributed by atoms with Crippen LogP contribution in [0.5, 0.6) is 0 Å². The van der Waals surface area contributed by atoms with Crippen LogP contribution in [0.1, 0.15) is 6.92 Å². The molecule has 1 heterocycles. The van der Waals surface area contributed by atoms with Crippen molar-refractivity contribution in [3.8, 4) is 0 Å². The summed E-state index contributed by atoms with van der Waals surface area (Å²) in [4.78, 5) is 17.0. The maximum atomic E-state index is 10.7. The third kappa shape index (κ3) is 3.42. The van der Waals surface area contributed by atoms with Gasteiger partial charge in [0.05, 0.1) is 10.4 Å². The van der Waals surface area contributed by atoms with Gasteiger partial charge in [-0.1, -0.05) is 6.92 Å². The molecule has 0 radical (unpaired) electrons. The summed E-state index contributed by atoms with van der Waals surface area (Å²) in [6.45, 7) is 4.88. The molecular weight excluding hydrogens is 256 g/mol. The van der Waals surface area contributed by atoms with Gasteiger partial charge < -0.3 is 10.2 Å². The summed E-state index contributed by atoms with van der Waals surface area (Å²) < 4.78 is 0. The van der Waals surface area contributed by atoms with Gasteiger partial charge >= 0.3 is 0 Å². The van der Waals surface area contributed by atoms with Gasteiger partial charge in [-0.15, -0.1) is 0 Å². The van der Waals surface area contributed by atoms with Gasteiger partial charge in [-0.05, 0) is 31.8 Å². The van der Waals surface area contributed by atoms with E-state index in [4.69, 9.17) is 0 Å². The summed E-state index contributed by atoms with van der Waals surface area (Å²) in [5, 5.41) is 14.7. The molecule has 0 aliphatic heterocycles. The van der Waals surface area contributed by atoms with E-state index in [1.54, 1.807) is 6.07 Å². The molecule has 0 unspecified atom stereocenters. The van der Waals surface area contributed by atoms with Gasteiger partial charge in [-0.2, -0.15) is 0 Å². The van der Waals surface area contributed by atoms with E-state index in [1.807, 2.05) is 12.1 Å². The minimum atomic E-state index is -0.397. The lowest BCUT2D eigenvalue weighted by Gasteiger charge is -2.14. The summed E-state index contributed by atoms with van der Waals surface area (Å²) in [6, 6.07) is 8.39. The third-order valence-corrected chi connectivity index (χ3v) is 3.22. The molecule has 0 saturated carbocycles. The Balaban J connectivity index is 2.10. The van der Waals surface area contributed by atoms with Crippen molar-refractivity contribution in [2.24, 2.45) is 0 Å². The lowest BCUT2D eigenvalue weighted by atomic mass is 10.2. The van der Waals surface area contributed by atoms with Crippen LogP contribution >= 0.6 is 0 Å². The van der Waals surface area contributed by atoms with Crippen LogP contribution in [-0.4, -0.2) is 41.5 Å². The van der Waals surface area contributed by atoms with Crippen molar-refractivity contribution in [2.75, 3.05) is 32.0 Å². The van der Waals surface area contributed by atoms with Gasteiger partial charge in [-0.3, -0.25) is 10.1 Å². The first-order valence-corrected chi connectivity index (χ1v) is 6.58. The molecule has 0 fully saturated rings. The highest BCUT2D eigenvalue weighted by Gasteiger charge is 2.07. The molecule has 1 aromatic heterocycles. The number of non-ortho nitro benzene ring substituents is 1. The average molecular weight is 274 g/mol. The first-order valence-electron chi connectivity index (χ1n) is 6.58. The zero-order valence-corrected chi connectivity index (χ0v) is 11.7. The molecule has 6 heteroatoms. The minimum absolute atomic E-state index is 0.0876. The second-order valence-electron chi connectivity index (χ2n) is 4.65. The minimum Gasteiger partial charge on any atom is -0.369 e. The van der Waals surface area contributed by atoms with Gasteiger partial charge in [0.1, 0.15) is 5.82 Å². The summed E-state index contributed by atoms with van der Waals surface area (Å²) in [6.07, 6.45) is 0. The highest BCUT2D eigenvalue weighted by atomic mass is 16.6. The SMILES string of the molecule is CCN(C)CCNc1ccc2cc([N+](=O)[O-])ccc2n1. The van der Waals surface area contributed by atoms with Crippen LogP contribution < -0.4 is 5.32 Å². The maximum absolute atomic E-state index is 10.7. The Labute approximate surface area is 117 Å². The molecule has 20 heavy (non-hydrogen) atoms. The number of likely N-dealkylation sites (N-methyl/N-ethyl adjacent to an activating group) is 1. The number of nitrogens with one attached hydrogen (secondary N) is 1. The predicted molar refractivity (Wildman–Crippen MR) is 80.1 cm³/mol. The molecular formula is C14H18N4O2. The number of aromatic nitrogens is 1. The summed E-state index contributed by atoms with van der Waals surface area (Å²) in [7, 11) is 2.06. The highest BCUT2D eigenvalue weighted by Crippen LogP contribution is 2.20. The Kier molecular flexibility index (Phi) is 4.47. The number of hydrogen-bond donors (Lipinski definition) is 1. The first-order chi connectivity index (χ1) is 9.60. The molecule has 2 aromatic rings. The van der Waals surface area contributed by atoms with E-state index >= 15 is 0 Å². The molecule has 0 bridgehead atoms. The first kappa shape index (κ1) is 14.2. The fourth-order valence-electron chi connectivity index (χ4n) is 1.86. The average Bonchev–Trinajstić information content (AvgIpc) is 2.46. The highest BCUT2D eigenvalue weighted by molar-refractivity contribution is 5.82.